The number of guanidine groups is 2. The summed E-state index contributed by atoms with van der Waals surface area (Å²) in [6, 6.07) is 5.59. The van der Waals surface area contributed by atoms with Crippen molar-refractivity contribution in [1.82, 2.24) is 0 Å². The quantitative estimate of drug-likeness (QED) is 0.813. The molecule has 4 N–H and O–H groups in total. The Morgan fingerprint density at radius 1 is 1.28 bits per heavy atom. The summed E-state index contributed by atoms with van der Waals surface area (Å²) >= 11 is 5.96. The van der Waals surface area contributed by atoms with Gasteiger partial charge in [0.1, 0.15) is 5.66 Å². The van der Waals surface area contributed by atoms with E-state index in [4.69, 9.17) is 23.1 Å². The molecule has 0 saturated carbocycles. The second-order valence-electron chi connectivity index (χ2n) is 4.70. The molecule has 1 aliphatic rings. The topological polar surface area (TPSA) is 80.0 Å². The molecule has 0 aliphatic carbocycles. The highest BCUT2D eigenvalue weighted by atomic mass is 35.5. The Morgan fingerprint density at radius 3 is 2.50 bits per heavy atom. The predicted octanol–water partition coefficient (Wildman–Crippen LogP) is 1.83. The number of benzene rings is 1. The van der Waals surface area contributed by atoms with Crippen LogP contribution in [-0.2, 0) is 0 Å². The largest absolute Gasteiger partial charge is 0.369 e. The van der Waals surface area contributed by atoms with Gasteiger partial charge in [0.05, 0.1) is 0 Å². The van der Waals surface area contributed by atoms with Crippen LogP contribution in [0.2, 0.25) is 5.02 Å². The molecule has 0 saturated heterocycles. The van der Waals surface area contributed by atoms with Crippen LogP contribution < -0.4 is 16.4 Å². The molecule has 0 amide bonds. The van der Waals surface area contributed by atoms with Crippen LogP contribution in [0.5, 0.6) is 0 Å². The monoisotopic (exact) mass is 265 g/mol. The number of hydrogen-bond donors (Lipinski definition) is 2. The molecule has 6 heteroatoms. The van der Waals surface area contributed by atoms with Crippen molar-refractivity contribution in [3.8, 4) is 0 Å². The van der Waals surface area contributed by atoms with Crippen molar-refractivity contribution in [2.45, 2.75) is 26.4 Å². The Hall–Kier alpha value is -1.75. The van der Waals surface area contributed by atoms with Gasteiger partial charge >= 0.3 is 0 Å². The van der Waals surface area contributed by atoms with E-state index in [1.807, 2.05) is 43.9 Å². The van der Waals surface area contributed by atoms with Gasteiger partial charge in [0.15, 0.2) is 0 Å². The third-order valence-electron chi connectivity index (χ3n) is 2.79. The highest BCUT2D eigenvalue weighted by Crippen LogP contribution is 2.31. The van der Waals surface area contributed by atoms with Crippen LogP contribution in [0.1, 0.15) is 19.4 Å². The van der Waals surface area contributed by atoms with E-state index in [1.165, 1.54) is 0 Å². The molecule has 0 atom stereocenters. The van der Waals surface area contributed by atoms with Gasteiger partial charge in [-0.15, -0.1) is 0 Å². The first kappa shape index (κ1) is 12.7. The van der Waals surface area contributed by atoms with Gasteiger partial charge in [-0.1, -0.05) is 11.6 Å². The average Bonchev–Trinajstić information content (AvgIpc) is 2.18. The Bertz CT molecular complexity index is 547. The van der Waals surface area contributed by atoms with Crippen molar-refractivity contribution in [2.75, 3.05) is 4.90 Å². The van der Waals surface area contributed by atoms with Crippen LogP contribution in [0.4, 0.5) is 5.69 Å². The normalized spacial score (nSPS) is 18.3. The van der Waals surface area contributed by atoms with Crippen molar-refractivity contribution in [2.24, 2.45) is 21.5 Å². The van der Waals surface area contributed by atoms with Crippen molar-refractivity contribution in [1.29, 1.82) is 0 Å². The first-order valence-electron chi connectivity index (χ1n) is 5.57. The van der Waals surface area contributed by atoms with Gasteiger partial charge in [-0.25, -0.2) is 4.99 Å². The Balaban J connectivity index is 2.53. The first-order chi connectivity index (χ1) is 8.31. The third-order valence-corrected chi connectivity index (χ3v) is 3.03. The fraction of sp³-hybridized carbons (Fsp3) is 0.333. The van der Waals surface area contributed by atoms with Crippen molar-refractivity contribution < 1.29 is 0 Å². The fourth-order valence-electron chi connectivity index (χ4n) is 2.09. The lowest BCUT2D eigenvalue weighted by Gasteiger charge is -2.39. The van der Waals surface area contributed by atoms with Crippen LogP contribution in [0.15, 0.2) is 28.2 Å². The van der Waals surface area contributed by atoms with E-state index in [0.29, 0.717) is 11.0 Å². The minimum absolute atomic E-state index is 0.195. The summed E-state index contributed by atoms with van der Waals surface area (Å²) in [5.74, 6) is 0.526. The van der Waals surface area contributed by atoms with Crippen LogP contribution in [-0.4, -0.2) is 17.6 Å². The maximum Gasteiger partial charge on any atom is 0.220 e. The van der Waals surface area contributed by atoms with Crippen LogP contribution in [0.25, 0.3) is 0 Å². The van der Waals surface area contributed by atoms with E-state index in [2.05, 4.69) is 9.98 Å². The van der Waals surface area contributed by atoms with E-state index < -0.39 is 5.66 Å². The van der Waals surface area contributed by atoms with E-state index in [9.17, 15) is 0 Å². The predicted molar refractivity (Wildman–Crippen MR) is 76.0 cm³/mol. The number of rotatable bonds is 1. The van der Waals surface area contributed by atoms with E-state index in [0.717, 1.165) is 11.3 Å². The maximum absolute atomic E-state index is 5.97. The molecule has 18 heavy (non-hydrogen) atoms. The zero-order valence-electron chi connectivity index (χ0n) is 10.6. The number of aryl methyl sites for hydroxylation is 1. The molecular formula is C12H16ClN5. The van der Waals surface area contributed by atoms with E-state index >= 15 is 0 Å². The summed E-state index contributed by atoms with van der Waals surface area (Å²) in [5.41, 5.74) is 13.0. The Kier molecular flexibility index (Phi) is 2.94. The number of aliphatic imine (C=N–C) groups is 2. The molecular weight excluding hydrogens is 250 g/mol. The summed E-state index contributed by atoms with van der Waals surface area (Å²) in [6.07, 6.45) is 0. The minimum Gasteiger partial charge on any atom is -0.369 e. The number of halogens is 1. The molecule has 0 unspecified atom stereocenters. The van der Waals surface area contributed by atoms with E-state index in [-0.39, 0.29) is 5.96 Å². The van der Waals surface area contributed by atoms with Gasteiger partial charge in [0, 0.05) is 10.7 Å². The van der Waals surface area contributed by atoms with Gasteiger partial charge in [-0.2, -0.15) is 4.99 Å². The smallest absolute Gasteiger partial charge is 0.220 e. The molecule has 0 fully saturated rings. The van der Waals surface area contributed by atoms with Crippen LogP contribution in [0, 0.1) is 6.92 Å². The zero-order chi connectivity index (χ0) is 13.5. The van der Waals surface area contributed by atoms with Crippen molar-refractivity contribution in [3.63, 3.8) is 0 Å². The molecule has 1 aromatic carbocycles. The number of hydrogen-bond acceptors (Lipinski definition) is 5. The molecule has 0 bridgehead atoms. The van der Waals surface area contributed by atoms with Gasteiger partial charge < -0.3 is 11.5 Å². The Labute approximate surface area is 111 Å². The molecule has 0 aromatic heterocycles. The summed E-state index contributed by atoms with van der Waals surface area (Å²) in [4.78, 5) is 10.2. The second kappa shape index (κ2) is 4.17. The zero-order valence-corrected chi connectivity index (χ0v) is 11.4. The lowest BCUT2D eigenvalue weighted by molar-refractivity contribution is 0.533. The lowest BCUT2D eigenvalue weighted by atomic mass is 10.1. The van der Waals surface area contributed by atoms with Crippen molar-refractivity contribution in [3.05, 3.63) is 28.8 Å². The van der Waals surface area contributed by atoms with Gasteiger partial charge in [0.25, 0.3) is 0 Å². The summed E-state index contributed by atoms with van der Waals surface area (Å²) < 4.78 is 0. The highest BCUT2D eigenvalue weighted by molar-refractivity contribution is 6.30. The van der Waals surface area contributed by atoms with Crippen molar-refractivity contribution >= 4 is 29.2 Å². The Morgan fingerprint density at radius 2 is 1.94 bits per heavy atom. The number of nitrogens with two attached hydrogens (primary N) is 2. The van der Waals surface area contributed by atoms with Gasteiger partial charge in [-0.3, -0.25) is 4.90 Å². The first-order valence-corrected chi connectivity index (χ1v) is 5.95. The van der Waals surface area contributed by atoms with Gasteiger partial charge in [-0.05, 0) is 44.5 Å². The molecule has 2 rings (SSSR count). The van der Waals surface area contributed by atoms with E-state index in [1.54, 1.807) is 0 Å². The lowest BCUT2D eigenvalue weighted by Crippen LogP contribution is -2.54. The molecule has 1 heterocycles. The average molecular weight is 266 g/mol. The van der Waals surface area contributed by atoms with Crippen LogP contribution >= 0.6 is 11.6 Å². The maximum atomic E-state index is 5.97. The minimum atomic E-state index is -0.575. The molecule has 0 radical (unpaired) electrons. The molecule has 1 aromatic rings. The summed E-state index contributed by atoms with van der Waals surface area (Å²) in [5, 5.41) is 0.685. The number of anilines is 1. The molecule has 5 nitrogen and oxygen atoms in total. The molecule has 1 aliphatic heterocycles. The molecule has 96 valence electrons. The molecule has 0 spiro atoms. The second-order valence-corrected chi connectivity index (χ2v) is 5.14. The standard InChI is InChI=1S/C12H16ClN5/c1-7-6-8(13)4-5-9(7)18-11(15)16-10(14)17-12(18,2)3/h4-6H,1-3H3,(H4,14,15,16,17). The third kappa shape index (κ3) is 2.13. The fourth-order valence-corrected chi connectivity index (χ4v) is 2.32. The highest BCUT2D eigenvalue weighted by Gasteiger charge is 2.33. The van der Waals surface area contributed by atoms with Gasteiger partial charge in [0.2, 0.25) is 11.9 Å². The summed E-state index contributed by atoms with van der Waals surface area (Å²) in [7, 11) is 0. The summed E-state index contributed by atoms with van der Waals surface area (Å²) in [6.45, 7) is 5.82. The van der Waals surface area contributed by atoms with Crippen LogP contribution in [0.3, 0.4) is 0 Å². The SMILES string of the molecule is Cc1cc(Cl)ccc1N1C(N)=NC(N)=NC1(C)C. The number of nitrogens with zero attached hydrogens (tertiary/aromatic N) is 3.